The highest BCUT2D eigenvalue weighted by Crippen LogP contribution is 2.26. The zero-order valence-electron chi connectivity index (χ0n) is 7.85. The lowest BCUT2D eigenvalue weighted by molar-refractivity contribution is 0.509. The SMILES string of the molecule is Fc1cccc(-c2ccc(Cl)nc2F)c1F. The standard InChI is InChI=1S/C11H5ClF3N/c12-9-5-4-7(11(15)16-9)6-2-1-3-8(13)10(6)14/h1-5H. The van der Waals surface area contributed by atoms with Gasteiger partial charge in [-0.1, -0.05) is 23.7 Å². The number of halogens is 4. The first-order chi connectivity index (χ1) is 7.59. The molecule has 0 radical (unpaired) electrons. The molecule has 0 atom stereocenters. The fourth-order valence-corrected chi connectivity index (χ4v) is 1.46. The fourth-order valence-electron chi connectivity index (χ4n) is 1.32. The van der Waals surface area contributed by atoms with Crippen molar-refractivity contribution in [3.63, 3.8) is 0 Å². The molecular weight excluding hydrogens is 239 g/mol. The Morgan fingerprint density at radius 3 is 2.38 bits per heavy atom. The predicted octanol–water partition coefficient (Wildman–Crippen LogP) is 3.82. The largest absolute Gasteiger partial charge is 0.222 e. The summed E-state index contributed by atoms with van der Waals surface area (Å²) in [7, 11) is 0. The highest BCUT2D eigenvalue weighted by molar-refractivity contribution is 6.29. The predicted molar refractivity (Wildman–Crippen MR) is 54.6 cm³/mol. The smallest absolute Gasteiger partial charge is 0.207 e. The van der Waals surface area contributed by atoms with Crippen molar-refractivity contribution in [2.75, 3.05) is 0 Å². The summed E-state index contributed by atoms with van der Waals surface area (Å²) in [4.78, 5) is 3.33. The third kappa shape index (κ3) is 1.88. The van der Waals surface area contributed by atoms with Crippen molar-refractivity contribution in [3.05, 3.63) is 53.1 Å². The van der Waals surface area contributed by atoms with Crippen LogP contribution in [-0.2, 0) is 0 Å². The molecule has 2 aromatic rings. The Morgan fingerprint density at radius 2 is 1.69 bits per heavy atom. The summed E-state index contributed by atoms with van der Waals surface area (Å²) >= 11 is 5.46. The van der Waals surface area contributed by atoms with Gasteiger partial charge in [0.15, 0.2) is 11.6 Å². The van der Waals surface area contributed by atoms with E-state index in [1.807, 2.05) is 0 Å². The topological polar surface area (TPSA) is 12.9 Å². The van der Waals surface area contributed by atoms with Gasteiger partial charge in [0.2, 0.25) is 5.95 Å². The van der Waals surface area contributed by atoms with Crippen LogP contribution in [0.4, 0.5) is 13.2 Å². The molecule has 1 aromatic heterocycles. The molecule has 0 fully saturated rings. The summed E-state index contributed by atoms with van der Waals surface area (Å²) in [5.41, 5.74) is -0.303. The molecule has 0 amide bonds. The Bertz CT molecular complexity index is 543. The average molecular weight is 244 g/mol. The molecule has 0 bridgehead atoms. The maximum absolute atomic E-state index is 13.4. The van der Waals surface area contributed by atoms with Crippen molar-refractivity contribution in [2.45, 2.75) is 0 Å². The normalized spacial score (nSPS) is 10.5. The molecule has 1 heterocycles. The van der Waals surface area contributed by atoms with E-state index in [1.54, 1.807) is 0 Å². The van der Waals surface area contributed by atoms with E-state index in [2.05, 4.69) is 4.98 Å². The maximum Gasteiger partial charge on any atom is 0.222 e. The van der Waals surface area contributed by atoms with E-state index in [-0.39, 0.29) is 16.3 Å². The van der Waals surface area contributed by atoms with Crippen molar-refractivity contribution >= 4 is 11.6 Å². The first-order valence-electron chi connectivity index (χ1n) is 4.36. The van der Waals surface area contributed by atoms with Crippen LogP contribution in [0.1, 0.15) is 0 Å². The number of benzene rings is 1. The molecule has 0 saturated heterocycles. The Kier molecular flexibility index (Phi) is 2.83. The number of rotatable bonds is 1. The summed E-state index contributed by atoms with van der Waals surface area (Å²) in [6.07, 6.45) is 0. The van der Waals surface area contributed by atoms with Crippen LogP contribution in [-0.4, -0.2) is 4.98 Å². The minimum absolute atomic E-state index is 0.0435. The second-order valence-electron chi connectivity index (χ2n) is 3.07. The highest BCUT2D eigenvalue weighted by Gasteiger charge is 2.14. The van der Waals surface area contributed by atoms with Gasteiger partial charge >= 0.3 is 0 Å². The summed E-state index contributed by atoms with van der Waals surface area (Å²) < 4.78 is 39.7. The van der Waals surface area contributed by atoms with Crippen LogP contribution < -0.4 is 0 Å². The lowest BCUT2D eigenvalue weighted by Crippen LogP contribution is -1.94. The summed E-state index contributed by atoms with van der Waals surface area (Å²) in [5, 5.41) is -0.0435. The van der Waals surface area contributed by atoms with Gasteiger partial charge in [0.1, 0.15) is 5.15 Å². The van der Waals surface area contributed by atoms with Crippen LogP contribution in [0.2, 0.25) is 5.15 Å². The Balaban J connectivity index is 2.63. The average Bonchev–Trinajstić information content (AvgIpc) is 2.23. The van der Waals surface area contributed by atoms with E-state index < -0.39 is 17.6 Å². The van der Waals surface area contributed by atoms with Gasteiger partial charge in [-0.25, -0.2) is 13.8 Å². The Labute approximate surface area is 94.5 Å². The van der Waals surface area contributed by atoms with E-state index in [0.717, 1.165) is 6.07 Å². The quantitative estimate of drug-likeness (QED) is 0.694. The van der Waals surface area contributed by atoms with Gasteiger partial charge in [-0.05, 0) is 18.2 Å². The van der Waals surface area contributed by atoms with Crippen LogP contribution in [0.5, 0.6) is 0 Å². The summed E-state index contributed by atoms with van der Waals surface area (Å²) in [6.45, 7) is 0. The number of aromatic nitrogens is 1. The molecule has 1 aromatic carbocycles. The Hall–Kier alpha value is -1.55. The second kappa shape index (κ2) is 4.14. The molecular formula is C11H5ClF3N. The van der Waals surface area contributed by atoms with Gasteiger partial charge < -0.3 is 0 Å². The van der Waals surface area contributed by atoms with Crippen molar-refractivity contribution in [3.8, 4) is 11.1 Å². The van der Waals surface area contributed by atoms with Gasteiger partial charge in [0, 0.05) is 11.1 Å². The molecule has 0 aliphatic heterocycles. The number of hydrogen-bond donors (Lipinski definition) is 0. The molecule has 2 rings (SSSR count). The first-order valence-corrected chi connectivity index (χ1v) is 4.74. The van der Waals surface area contributed by atoms with Crippen LogP contribution in [0.3, 0.4) is 0 Å². The van der Waals surface area contributed by atoms with E-state index in [0.29, 0.717) is 0 Å². The van der Waals surface area contributed by atoms with E-state index in [9.17, 15) is 13.2 Å². The minimum atomic E-state index is -1.11. The van der Waals surface area contributed by atoms with Crippen LogP contribution in [0.15, 0.2) is 30.3 Å². The van der Waals surface area contributed by atoms with Crippen molar-refractivity contribution < 1.29 is 13.2 Å². The zero-order chi connectivity index (χ0) is 11.7. The number of pyridine rings is 1. The second-order valence-corrected chi connectivity index (χ2v) is 3.46. The highest BCUT2D eigenvalue weighted by atomic mass is 35.5. The van der Waals surface area contributed by atoms with Gasteiger partial charge in [-0.15, -0.1) is 0 Å². The molecule has 0 spiro atoms. The van der Waals surface area contributed by atoms with Gasteiger partial charge in [-0.2, -0.15) is 4.39 Å². The zero-order valence-corrected chi connectivity index (χ0v) is 8.60. The van der Waals surface area contributed by atoms with Crippen LogP contribution >= 0.6 is 11.6 Å². The summed E-state index contributed by atoms with van der Waals surface area (Å²) in [5.74, 6) is -3.07. The third-order valence-electron chi connectivity index (χ3n) is 2.06. The molecule has 0 N–H and O–H groups in total. The van der Waals surface area contributed by atoms with E-state index in [4.69, 9.17) is 11.6 Å². The molecule has 0 unspecified atom stereocenters. The van der Waals surface area contributed by atoms with E-state index >= 15 is 0 Å². The monoisotopic (exact) mass is 243 g/mol. The molecule has 5 heteroatoms. The number of nitrogens with zero attached hydrogens (tertiary/aromatic N) is 1. The fraction of sp³-hybridized carbons (Fsp3) is 0. The van der Waals surface area contributed by atoms with Gasteiger partial charge in [0.05, 0.1) is 0 Å². The molecule has 0 aliphatic rings. The maximum atomic E-state index is 13.4. The van der Waals surface area contributed by atoms with E-state index in [1.165, 1.54) is 24.3 Å². The van der Waals surface area contributed by atoms with Gasteiger partial charge in [-0.3, -0.25) is 0 Å². The van der Waals surface area contributed by atoms with Crippen LogP contribution in [0, 0.1) is 17.6 Å². The van der Waals surface area contributed by atoms with Gasteiger partial charge in [0.25, 0.3) is 0 Å². The minimum Gasteiger partial charge on any atom is -0.207 e. The molecule has 82 valence electrons. The van der Waals surface area contributed by atoms with Crippen molar-refractivity contribution in [2.24, 2.45) is 0 Å². The Morgan fingerprint density at radius 1 is 0.938 bits per heavy atom. The van der Waals surface area contributed by atoms with Crippen molar-refractivity contribution in [1.82, 2.24) is 4.98 Å². The lowest BCUT2D eigenvalue weighted by Gasteiger charge is -2.04. The third-order valence-corrected chi connectivity index (χ3v) is 2.27. The van der Waals surface area contributed by atoms with Crippen molar-refractivity contribution in [1.29, 1.82) is 0 Å². The molecule has 16 heavy (non-hydrogen) atoms. The molecule has 1 nitrogen and oxygen atoms in total. The molecule has 0 aliphatic carbocycles. The number of hydrogen-bond acceptors (Lipinski definition) is 1. The lowest BCUT2D eigenvalue weighted by atomic mass is 10.1. The molecule has 0 saturated carbocycles. The first kappa shape index (κ1) is 11.0. The summed E-state index contributed by atoms with van der Waals surface area (Å²) in [6, 6.07) is 6.08. The van der Waals surface area contributed by atoms with Crippen LogP contribution in [0.25, 0.3) is 11.1 Å².